The first-order valence-electron chi connectivity index (χ1n) is 4.22. The zero-order valence-electron chi connectivity index (χ0n) is 6.98. The Labute approximate surface area is 74.2 Å². The lowest BCUT2D eigenvalue weighted by Gasteiger charge is -2.14. The smallest absolute Gasteiger partial charge is 0.115 e. The summed E-state index contributed by atoms with van der Waals surface area (Å²) in [5.74, 6) is 0. The molecule has 0 bridgehead atoms. The van der Waals surface area contributed by atoms with Crippen molar-refractivity contribution in [3.05, 3.63) is 0 Å². The molecule has 0 radical (unpaired) electrons. The third-order valence-electron chi connectivity index (χ3n) is 2.10. The summed E-state index contributed by atoms with van der Waals surface area (Å²) in [6.07, 6.45) is 3.25. The molecule has 0 aromatic heterocycles. The lowest BCUT2D eigenvalue weighted by molar-refractivity contribution is 0.248. The topological polar surface area (TPSA) is 12.0 Å². The SMILES string of the molecule is CCCC(F)C1CCCN1.Cl. The normalized spacial score (nSPS) is 26.2. The fourth-order valence-electron chi connectivity index (χ4n) is 1.50. The summed E-state index contributed by atoms with van der Waals surface area (Å²) in [5, 5.41) is 3.17. The van der Waals surface area contributed by atoms with E-state index in [9.17, 15) is 4.39 Å². The minimum atomic E-state index is -0.604. The molecular formula is C8H17ClFN. The van der Waals surface area contributed by atoms with Gasteiger partial charge in [0.1, 0.15) is 6.17 Å². The van der Waals surface area contributed by atoms with Crippen LogP contribution in [0.4, 0.5) is 4.39 Å². The van der Waals surface area contributed by atoms with E-state index in [2.05, 4.69) is 5.32 Å². The number of nitrogens with one attached hydrogen (secondary N) is 1. The lowest BCUT2D eigenvalue weighted by Crippen LogP contribution is -2.31. The van der Waals surface area contributed by atoms with Crippen molar-refractivity contribution in [3.63, 3.8) is 0 Å². The van der Waals surface area contributed by atoms with Gasteiger partial charge in [0.2, 0.25) is 0 Å². The molecule has 11 heavy (non-hydrogen) atoms. The van der Waals surface area contributed by atoms with Crippen molar-refractivity contribution in [2.75, 3.05) is 6.54 Å². The average molecular weight is 182 g/mol. The van der Waals surface area contributed by atoms with Gasteiger partial charge in [-0.1, -0.05) is 13.3 Å². The Morgan fingerprint density at radius 2 is 2.36 bits per heavy atom. The summed E-state index contributed by atoms with van der Waals surface area (Å²) in [6, 6.07) is 0.167. The van der Waals surface area contributed by atoms with Gasteiger partial charge in [0.05, 0.1) is 0 Å². The molecule has 3 heteroatoms. The monoisotopic (exact) mass is 181 g/mol. The van der Waals surface area contributed by atoms with E-state index in [4.69, 9.17) is 0 Å². The minimum absolute atomic E-state index is 0. The molecule has 0 aromatic rings. The fourth-order valence-corrected chi connectivity index (χ4v) is 1.50. The average Bonchev–Trinajstić information content (AvgIpc) is 2.38. The van der Waals surface area contributed by atoms with Gasteiger partial charge in [-0.25, -0.2) is 4.39 Å². The minimum Gasteiger partial charge on any atom is -0.311 e. The highest BCUT2D eigenvalue weighted by Crippen LogP contribution is 2.15. The van der Waals surface area contributed by atoms with E-state index in [1.807, 2.05) is 6.92 Å². The van der Waals surface area contributed by atoms with Crippen LogP contribution in [0.2, 0.25) is 0 Å². The van der Waals surface area contributed by atoms with E-state index >= 15 is 0 Å². The van der Waals surface area contributed by atoms with Crippen molar-refractivity contribution < 1.29 is 4.39 Å². The van der Waals surface area contributed by atoms with Gasteiger partial charge in [0.25, 0.3) is 0 Å². The van der Waals surface area contributed by atoms with Crippen LogP contribution >= 0.6 is 12.4 Å². The quantitative estimate of drug-likeness (QED) is 0.705. The summed E-state index contributed by atoms with van der Waals surface area (Å²) in [6.45, 7) is 3.04. The van der Waals surface area contributed by atoms with Crippen molar-refractivity contribution in [2.24, 2.45) is 0 Å². The highest BCUT2D eigenvalue weighted by Gasteiger charge is 2.22. The van der Waals surface area contributed by atoms with Crippen LogP contribution < -0.4 is 5.32 Å². The Kier molecular flexibility index (Phi) is 5.88. The van der Waals surface area contributed by atoms with Crippen molar-refractivity contribution in [3.8, 4) is 0 Å². The van der Waals surface area contributed by atoms with Crippen LogP contribution in [0.1, 0.15) is 32.6 Å². The van der Waals surface area contributed by atoms with Gasteiger partial charge in [-0.15, -0.1) is 12.4 Å². The van der Waals surface area contributed by atoms with Crippen molar-refractivity contribution in [2.45, 2.75) is 44.8 Å². The number of halogens is 2. The van der Waals surface area contributed by atoms with E-state index in [1.54, 1.807) is 0 Å². The van der Waals surface area contributed by atoms with Crippen LogP contribution in [-0.2, 0) is 0 Å². The number of hydrogen-bond donors (Lipinski definition) is 1. The molecule has 1 aliphatic rings. The number of hydrogen-bond acceptors (Lipinski definition) is 1. The lowest BCUT2D eigenvalue weighted by atomic mass is 10.1. The standard InChI is InChI=1S/C8H16FN.ClH/c1-2-4-7(9)8-5-3-6-10-8;/h7-8,10H,2-6H2,1H3;1H. The highest BCUT2D eigenvalue weighted by atomic mass is 35.5. The predicted molar refractivity (Wildman–Crippen MR) is 48.1 cm³/mol. The van der Waals surface area contributed by atoms with Gasteiger partial charge in [-0.3, -0.25) is 0 Å². The maximum atomic E-state index is 13.0. The van der Waals surface area contributed by atoms with Gasteiger partial charge < -0.3 is 5.32 Å². The Morgan fingerprint density at radius 1 is 1.64 bits per heavy atom. The highest BCUT2D eigenvalue weighted by molar-refractivity contribution is 5.85. The predicted octanol–water partition coefficient (Wildman–Crippen LogP) is 2.30. The first-order chi connectivity index (χ1) is 4.84. The zero-order valence-corrected chi connectivity index (χ0v) is 7.79. The summed E-state index contributed by atoms with van der Waals surface area (Å²) in [7, 11) is 0. The molecule has 1 fully saturated rings. The first kappa shape index (κ1) is 11.2. The van der Waals surface area contributed by atoms with Crippen LogP contribution in [0.25, 0.3) is 0 Å². The maximum Gasteiger partial charge on any atom is 0.115 e. The molecule has 1 rings (SSSR count). The van der Waals surface area contributed by atoms with E-state index in [0.717, 1.165) is 32.2 Å². The fraction of sp³-hybridized carbons (Fsp3) is 1.00. The van der Waals surface area contributed by atoms with Crippen LogP contribution in [0, 0.1) is 0 Å². The zero-order chi connectivity index (χ0) is 7.40. The molecule has 1 heterocycles. The molecule has 0 aliphatic carbocycles. The molecule has 1 nitrogen and oxygen atoms in total. The molecule has 0 aromatic carbocycles. The van der Waals surface area contributed by atoms with Crippen molar-refractivity contribution in [1.82, 2.24) is 5.32 Å². The Morgan fingerprint density at radius 3 is 2.82 bits per heavy atom. The summed E-state index contributed by atoms with van der Waals surface area (Å²) in [5.41, 5.74) is 0. The number of rotatable bonds is 3. The second-order valence-corrected chi connectivity index (χ2v) is 3.01. The Hall–Kier alpha value is 0.180. The van der Waals surface area contributed by atoms with E-state index in [1.165, 1.54) is 0 Å². The molecular weight excluding hydrogens is 165 g/mol. The van der Waals surface area contributed by atoms with Crippen LogP contribution in [-0.4, -0.2) is 18.8 Å². The largest absolute Gasteiger partial charge is 0.311 e. The van der Waals surface area contributed by atoms with Gasteiger partial charge in [-0.05, 0) is 25.8 Å². The molecule has 2 atom stereocenters. The van der Waals surface area contributed by atoms with Gasteiger partial charge in [0.15, 0.2) is 0 Å². The summed E-state index contributed by atoms with van der Waals surface area (Å²) in [4.78, 5) is 0. The molecule has 2 unspecified atom stereocenters. The van der Waals surface area contributed by atoms with E-state index in [-0.39, 0.29) is 18.4 Å². The molecule has 0 saturated carbocycles. The maximum absolute atomic E-state index is 13.0. The third kappa shape index (κ3) is 3.39. The van der Waals surface area contributed by atoms with Gasteiger partial charge in [-0.2, -0.15) is 0 Å². The molecule has 0 amide bonds. The summed E-state index contributed by atoms with van der Waals surface area (Å²) < 4.78 is 13.0. The Bertz CT molecular complexity index is 94.1. The van der Waals surface area contributed by atoms with E-state index < -0.39 is 6.17 Å². The van der Waals surface area contributed by atoms with Crippen molar-refractivity contribution >= 4 is 12.4 Å². The molecule has 0 spiro atoms. The molecule has 1 N–H and O–H groups in total. The summed E-state index contributed by atoms with van der Waals surface area (Å²) >= 11 is 0. The van der Waals surface area contributed by atoms with Crippen LogP contribution in [0.15, 0.2) is 0 Å². The van der Waals surface area contributed by atoms with Gasteiger partial charge >= 0.3 is 0 Å². The van der Waals surface area contributed by atoms with Crippen molar-refractivity contribution in [1.29, 1.82) is 0 Å². The molecule has 68 valence electrons. The first-order valence-corrected chi connectivity index (χ1v) is 4.22. The molecule has 1 aliphatic heterocycles. The van der Waals surface area contributed by atoms with Gasteiger partial charge in [0, 0.05) is 6.04 Å². The second kappa shape index (κ2) is 5.78. The Balaban J connectivity index is 0.000001000. The molecule has 1 saturated heterocycles. The van der Waals surface area contributed by atoms with Crippen LogP contribution in [0.3, 0.4) is 0 Å². The van der Waals surface area contributed by atoms with E-state index in [0.29, 0.717) is 0 Å². The third-order valence-corrected chi connectivity index (χ3v) is 2.10. The number of alkyl halides is 1. The van der Waals surface area contributed by atoms with Crippen LogP contribution in [0.5, 0.6) is 0 Å². The second-order valence-electron chi connectivity index (χ2n) is 3.01.